The topological polar surface area (TPSA) is 12.0 Å². The molecular formula is C20H25N. The zero-order valence-corrected chi connectivity index (χ0v) is 13.3. The summed E-state index contributed by atoms with van der Waals surface area (Å²) in [5.74, 6) is 0.688. The van der Waals surface area contributed by atoms with Gasteiger partial charge in [0.05, 0.1) is 0 Å². The molecular weight excluding hydrogens is 254 g/mol. The van der Waals surface area contributed by atoms with Crippen molar-refractivity contribution in [1.82, 2.24) is 5.32 Å². The summed E-state index contributed by atoms with van der Waals surface area (Å²) < 4.78 is 0. The molecule has 0 spiro atoms. The Bertz CT molecular complexity index is 617. The second kappa shape index (κ2) is 6.03. The summed E-state index contributed by atoms with van der Waals surface area (Å²) in [4.78, 5) is 0. The van der Waals surface area contributed by atoms with E-state index in [-0.39, 0.29) is 0 Å². The van der Waals surface area contributed by atoms with Crippen molar-refractivity contribution in [2.45, 2.75) is 51.6 Å². The summed E-state index contributed by atoms with van der Waals surface area (Å²) >= 11 is 0. The highest BCUT2D eigenvalue weighted by Crippen LogP contribution is 2.38. The van der Waals surface area contributed by atoms with Crippen LogP contribution in [0.5, 0.6) is 0 Å². The number of benzene rings is 2. The van der Waals surface area contributed by atoms with Crippen LogP contribution in [0.25, 0.3) is 0 Å². The first-order valence-electron chi connectivity index (χ1n) is 8.06. The maximum Gasteiger partial charge on any atom is 0.0328 e. The molecule has 110 valence electrons. The van der Waals surface area contributed by atoms with Gasteiger partial charge in [-0.25, -0.2) is 0 Å². The molecule has 0 fully saturated rings. The molecule has 1 heteroatoms. The lowest BCUT2D eigenvalue weighted by atomic mass is 9.80. The van der Waals surface area contributed by atoms with Gasteiger partial charge >= 0.3 is 0 Å². The Morgan fingerprint density at radius 2 is 1.76 bits per heavy atom. The first-order valence-corrected chi connectivity index (χ1v) is 8.06. The fourth-order valence-corrected chi connectivity index (χ4v) is 3.52. The summed E-state index contributed by atoms with van der Waals surface area (Å²) in [7, 11) is 0. The highest BCUT2D eigenvalue weighted by molar-refractivity contribution is 5.35. The van der Waals surface area contributed by atoms with Crippen LogP contribution in [0.4, 0.5) is 0 Å². The minimum Gasteiger partial charge on any atom is -0.303 e. The van der Waals surface area contributed by atoms with Crippen molar-refractivity contribution in [2.75, 3.05) is 0 Å². The third kappa shape index (κ3) is 3.03. The molecule has 1 N–H and O–H groups in total. The molecule has 0 heterocycles. The van der Waals surface area contributed by atoms with E-state index in [9.17, 15) is 0 Å². The van der Waals surface area contributed by atoms with E-state index in [1.165, 1.54) is 35.1 Å². The quantitative estimate of drug-likeness (QED) is 0.805. The molecule has 0 aromatic heterocycles. The third-order valence-electron chi connectivity index (χ3n) is 4.78. The summed E-state index contributed by atoms with van der Waals surface area (Å²) in [5, 5.41) is 3.84. The number of rotatable bonds is 3. The minimum absolute atomic E-state index is 0.386. The van der Waals surface area contributed by atoms with Crippen LogP contribution in [0.3, 0.4) is 0 Å². The fraction of sp³-hybridized carbons (Fsp3) is 0.400. The van der Waals surface area contributed by atoms with Crippen LogP contribution >= 0.6 is 0 Å². The average Bonchev–Trinajstić information content (AvgIpc) is 2.50. The molecule has 2 aromatic carbocycles. The molecule has 1 nitrogen and oxygen atoms in total. The molecule has 0 aliphatic heterocycles. The van der Waals surface area contributed by atoms with Gasteiger partial charge in [-0.2, -0.15) is 0 Å². The molecule has 0 radical (unpaired) electrons. The van der Waals surface area contributed by atoms with Crippen LogP contribution in [0, 0.1) is 6.92 Å². The highest BCUT2D eigenvalue weighted by Gasteiger charge is 2.25. The van der Waals surface area contributed by atoms with Crippen LogP contribution < -0.4 is 5.32 Å². The predicted octanol–water partition coefficient (Wildman–Crippen LogP) is 5.28. The molecule has 0 saturated carbocycles. The number of aryl methyl sites for hydroxylation is 1. The first kappa shape index (κ1) is 14.3. The van der Waals surface area contributed by atoms with Crippen molar-refractivity contribution in [3.05, 3.63) is 70.8 Å². The highest BCUT2D eigenvalue weighted by atomic mass is 14.9. The van der Waals surface area contributed by atoms with Gasteiger partial charge in [0.2, 0.25) is 0 Å². The van der Waals surface area contributed by atoms with Crippen LogP contribution in [0.15, 0.2) is 48.5 Å². The van der Waals surface area contributed by atoms with Crippen molar-refractivity contribution in [3.63, 3.8) is 0 Å². The number of nitrogens with one attached hydrogen (secondary N) is 1. The van der Waals surface area contributed by atoms with E-state index in [0.29, 0.717) is 18.0 Å². The normalized spacial score (nSPS) is 22.6. The summed E-state index contributed by atoms with van der Waals surface area (Å²) in [5.41, 5.74) is 5.73. The summed E-state index contributed by atoms with van der Waals surface area (Å²) in [6.45, 7) is 6.78. The van der Waals surface area contributed by atoms with E-state index >= 15 is 0 Å². The van der Waals surface area contributed by atoms with Crippen molar-refractivity contribution in [1.29, 1.82) is 0 Å². The lowest BCUT2D eigenvalue weighted by Gasteiger charge is -2.32. The lowest BCUT2D eigenvalue weighted by molar-refractivity contribution is 0.396. The SMILES string of the molecule is Cc1cccc([C@@H](C)NC2CCC(C)c3ccccc32)c1. The zero-order valence-electron chi connectivity index (χ0n) is 13.3. The predicted molar refractivity (Wildman–Crippen MR) is 89.6 cm³/mol. The van der Waals surface area contributed by atoms with E-state index < -0.39 is 0 Å². The first-order chi connectivity index (χ1) is 10.1. The van der Waals surface area contributed by atoms with Gasteiger partial charge in [-0.1, -0.05) is 61.0 Å². The second-order valence-corrected chi connectivity index (χ2v) is 6.46. The molecule has 0 bridgehead atoms. The Balaban J connectivity index is 1.81. The Hall–Kier alpha value is -1.60. The van der Waals surface area contributed by atoms with Gasteiger partial charge < -0.3 is 5.32 Å². The van der Waals surface area contributed by atoms with Gasteiger partial charge in [0.1, 0.15) is 0 Å². The molecule has 2 aromatic rings. The summed E-state index contributed by atoms with van der Waals surface area (Å²) in [6.07, 6.45) is 2.50. The molecule has 3 rings (SSSR count). The number of hydrogen-bond donors (Lipinski definition) is 1. The van der Waals surface area contributed by atoms with Crippen LogP contribution in [-0.2, 0) is 0 Å². The van der Waals surface area contributed by atoms with Crippen molar-refractivity contribution in [2.24, 2.45) is 0 Å². The van der Waals surface area contributed by atoms with Gasteiger partial charge in [0.25, 0.3) is 0 Å². The molecule has 21 heavy (non-hydrogen) atoms. The van der Waals surface area contributed by atoms with Gasteiger partial charge in [-0.3, -0.25) is 0 Å². The minimum atomic E-state index is 0.386. The molecule has 1 aliphatic rings. The van der Waals surface area contributed by atoms with Crippen molar-refractivity contribution < 1.29 is 0 Å². The van der Waals surface area contributed by atoms with Crippen LogP contribution in [-0.4, -0.2) is 0 Å². The Morgan fingerprint density at radius 3 is 2.52 bits per heavy atom. The largest absolute Gasteiger partial charge is 0.303 e. The molecule has 0 amide bonds. The molecule has 2 unspecified atom stereocenters. The standard InChI is InChI=1S/C20H25N/c1-14-7-6-8-17(13-14)16(3)21-20-12-11-15(2)18-9-4-5-10-19(18)20/h4-10,13,15-16,20-21H,11-12H2,1-3H3/t15?,16-,20?/m1/s1. The number of fused-ring (bicyclic) bond motifs is 1. The fourth-order valence-electron chi connectivity index (χ4n) is 3.52. The van der Waals surface area contributed by atoms with E-state index in [1.807, 2.05) is 0 Å². The van der Waals surface area contributed by atoms with Gasteiger partial charge in [-0.15, -0.1) is 0 Å². The maximum atomic E-state index is 3.84. The number of hydrogen-bond acceptors (Lipinski definition) is 1. The van der Waals surface area contributed by atoms with Crippen molar-refractivity contribution in [3.8, 4) is 0 Å². The monoisotopic (exact) mass is 279 g/mol. The van der Waals surface area contributed by atoms with E-state index in [0.717, 1.165) is 0 Å². The van der Waals surface area contributed by atoms with Crippen molar-refractivity contribution >= 4 is 0 Å². The Kier molecular flexibility index (Phi) is 4.12. The van der Waals surface area contributed by atoms with Gasteiger partial charge in [0, 0.05) is 12.1 Å². The zero-order chi connectivity index (χ0) is 14.8. The van der Waals surface area contributed by atoms with E-state index in [4.69, 9.17) is 0 Å². The van der Waals surface area contributed by atoms with Crippen LogP contribution in [0.2, 0.25) is 0 Å². The third-order valence-corrected chi connectivity index (χ3v) is 4.78. The smallest absolute Gasteiger partial charge is 0.0328 e. The van der Waals surface area contributed by atoms with Crippen LogP contribution in [0.1, 0.15) is 66.9 Å². The van der Waals surface area contributed by atoms with Gasteiger partial charge in [0.15, 0.2) is 0 Å². The molecule has 3 atom stereocenters. The average molecular weight is 279 g/mol. The lowest BCUT2D eigenvalue weighted by Crippen LogP contribution is -2.28. The molecule has 1 aliphatic carbocycles. The van der Waals surface area contributed by atoms with E-state index in [1.54, 1.807) is 0 Å². The second-order valence-electron chi connectivity index (χ2n) is 6.46. The Morgan fingerprint density at radius 1 is 1.00 bits per heavy atom. The van der Waals surface area contributed by atoms with E-state index in [2.05, 4.69) is 74.6 Å². The maximum absolute atomic E-state index is 3.84. The summed E-state index contributed by atoms with van der Waals surface area (Å²) in [6, 6.07) is 18.6. The molecule has 0 saturated heterocycles. The van der Waals surface area contributed by atoms with Gasteiger partial charge in [-0.05, 0) is 49.3 Å². The Labute approximate surface area is 128 Å².